The highest BCUT2D eigenvalue weighted by molar-refractivity contribution is 5.51. The molecule has 0 aromatic carbocycles. The van der Waals surface area contributed by atoms with Crippen LogP contribution in [0.1, 0.15) is 6.42 Å². The van der Waals surface area contributed by atoms with E-state index >= 15 is 0 Å². The Kier molecular flexibility index (Phi) is 19.1. The summed E-state index contributed by atoms with van der Waals surface area (Å²) in [5, 5.41) is 0. The summed E-state index contributed by atoms with van der Waals surface area (Å²) in [5.41, 5.74) is 9.76. The average molecular weight is 176 g/mol. The maximum absolute atomic E-state index is 9.66. The first-order chi connectivity index (χ1) is 5.83. The lowest BCUT2D eigenvalue weighted by molar-refractivity contribution is -0.109. The van der Waals surface area contributed by atoms with Crippen LogP contribution < -0.4 is 11.5 Å². The Balaban J connectivity index is 0. The molecule has 0 spiro atoms. The van der Waals surface area contributed by atoms with Crippen molar-refractivity contribution in [1.29, 1.82) is 0 Å². The van der Waals surface area contributed by atoms with Crippen molar-refractivity contribution in [2.24, 2.45) is 11.5 Å². The van der Waals surface area contributed by atoms with Crippen molar-refractivity contribution in [2.45, 2.75) is 6.42 Å². The van der Waals surface area contributed by atoms with Crippen LogP contribution in [0.15, 0.2) is 0 Å². The van der Waals surface area contributed by atoms with Crippen molar-refractivity contribution in [3.63, 3.8) is 0 Å². The minimum Gasteiger partial charge on any atom is -0.380 e. The molecule has 0 radical (unpaired) electrons. The first-order valence-electron chi connectivity index (χ1n) is 3.68. The summed E-state index contributed by atoms with van der Waals surface area (Å²) in [5.74, 6) is 0. The average Bonchev–Trinajstić information content (AvgIpc) is 2.13. The van der Waals surface area contributed by atoms with Crippen molar-refractivity contribution < 1.29 is 14.3 Å². The molecule has 0 aromatic heterocycles. The van der Waals surface area contributed by atoms with E-state index in [-0.39, 0.29) is 6.54 Å². The van der Waals surface area contributed by atoms with Crippen molar-refractivity contribution >= 4 is 12.6 Å². The lowest BCUT2D eigenvalue weighted by atomic mass is 10.5. The van der Waals surface area contributed by atoms with Crippen LogP contribution in [0.4, 0.5) is 0 Å². The number of carbonyl (C=O) groups is 2. The molecule has 0 heterocycles. The molecule has 0 aromatic rings. The molecule has 0 aliphatic carbocycles. The lowest BCUT2D eigenvalue weighted by Gasteiger charge is -1.95. The molecule has 0 aliphatic rings. The molecule has 72 valence electrons. The maximum atomic E-state index is 9.66. The van der Waals surface area contributed by atoms with E-state index in [1.54, 1.807) is 0 Å². The second kappa shape index (κ2) is 16.7. The highest BCUT2D eigenvalue weighted by Crippen LogP contribution is 1.74. The second-order valence-corrected chi connectivity index (χ2v) is 1.76. The zero-order chi connectivity index (χ0) is 9.66. The van der Waals surface area contributed by atoms with Crippen LogP contribution in [-0.2, 0) is 14.3 Å². The van der Waals surface area contributed by atoms with Crippen molar-refractivity contribution in [2.75, 3.05) is 26.3 Å². The highest BCUT2D eigenvalue weighted by Gasteiger charge is 1.81. The summed E-state index contributed by atoms with van der Waals surface area (Å²) < 4.78 is 4.87. The predicted octanol–water partition coefficient (Wildman–Crippen LogP) is -1.31. The van der Waals surface area contributed by atoms with E-state index in [0.717, 1.165) is 6.29 Å². The number of rotatable bonds is 6. The summed E-state index contributed by atoms with van der Waals surface area (Å²) in [6.45, 7) is 1.72. The summed E-state index contributed by atoms with van der Waals surface area (Å²) >= 11 is 0. The molecule has 0 saturated carbocycles. The van der Waals surface area contributed by atoms with E-state index in [9.17, 15) is 4.79 Å². The largest absolute Gasteiger partial charge is 0.380 e. The van der Waals surface area contributed by atoms with E-state index in [1.165, 1.54) is 0 Å². The van der Waals surface area contributed by atoms with Gasteiger partial charge in [-0.2, -0.15) is 0 Å². The molecule has 0 atom stereocenters. The Morgan fingerprint density at radius 1 is 1.08 bits per heavy atom. The third-order valence-corrected chi connectivity index (χ3v) is 0.738. The fourth-order valence-corrected chi connectivity index (χ4v) is 0.317. The van der Waals surface area contributed by atoms with Crippen LogP contribution in [0.3, 0.4) is 0 Å². The topological polar surface area (TPSA) is 95.4 Å². The molecule has 0 amide bonds. The van der Waals surface area contributed by atoms with Crippen LogP contribution in [0, 0.1) is 0 Å². The molecule has 5 nitrogen and oxygen atoms in total. The summed E-state index contributed by atoms with van der Waals surface area (Å²) in [4.78, 5) is 18.7. The van der Waals surface area contributed by atoms with Crippen LogP contribution in [0.5, 0.6) is 0 Å². The van der Waals surface area contributed by atoms with Gasteiger partial charge in [0.05, 0.1) is 13.2 Å². The van der Waals surface area contributed by atoms with Gasteiger partial charge < -0.3 is 25.8 Å². The zero-order valence-electron chi connectivity index (χ0n) is 7.07. The van der Waals surface area contributed by atoms with Gasteiger partial charge in [0.2, 0.25) is 0 Å². The standard InChI is InChI=1S/C5H11NO2.C2H5NO/c6-2-5-8-4-1-3-7;3-1-2-4/h3H,1-2,4-6H2;2H,1,3H2. The molecule has 12 heavy (non-hydrogen) atoms. The monoisotopic (exact) mass is 176 g/mol. The van der Waals surface area contributed by atoms with E-state index < -0.39 is 0 Å². The van der Waals surface area contributed by atoms with Gasteiger partial charge in [-0.05, 0) is 0 Å². The minimum atomic E-state index is 0.139. The molecule has 0 fully saturated rings. The van der Waals surface area contributed by atoms with Gasteiger partial charge in [0.15, 0.2) is 0 Å². The summed E-state index contributed by atoms with van der Waals surface area (Å²) in [7, 11) is 0. The number of carbonyl (C=O) groups excluding carboxylic acids is 2. The Bertz CT molecular complexity index is 98.7. The third kappa shape index (κ3) is 22.9. The number of hydrogen-bond donors (Lipinski definition) is 2. The first kappa shape index (κ1) is 13.8. The number of nitrogens with two attached hydrogens (primary N) is 2. The van der Waals surface area contributed by atoms with Crippen LogP contribution >= 0.6 is 0 Å². The van der Waals surface area contributed by atoms with Gasteiger partial charge in [-0.3, -0.25) is 0 Å². The molecule has 5 heteroatoms. The number of aldehydes is 2. The smallest absolute Gasteiger partial charge is 0.133 e. The van der Waals surface area contributed by atoms with Gasteiger partial charge in [-0.25, -0.2) is 0 Å². The number of ether oxygens (including phenoxy) is 1. The predicted molar refractivity (Wildman–Crippen MR) is 45.7 cm³/mol. The highest BCUT2D eigenvalue weighted by atomic mass is 16.5. The van der Waals surface area contributed by atoms with Crippen LogP contribution in [0.2, 0.25) is 0 Å². The fourth-order valence-electron chi connectivity index (χ4n) is 0.317. The van der Waals surface area contributed by atoms with E-state index in [4.69, 9.17) is 15.3 Å². The molecular formula is C7H16N2O3. The van der Waals surface area contributed by atoms with Gasteiger partial charge in [0, 0.05) is 19.5 Å². The summed E-state index contributed by atoms with van der Waals surface area (Å²) in [6.07, 6.45) is 1.95. The first-order valence-corrected chi connectivity index (χ1v) is 3.68. The van der Waals surface area contributed by atoms with Gasteiger partial charge in [0.1, 0.15) is 12.6 Å². The maximum Gasteiger partial charge on any atom is 0.133 e. The molecule has 0 aliphatic heterocycles. The molecule has 0 saturated heterocycles. The molecule has 0 rings (SSSR count). The Labute approximate surface area is 72.1 Å². The van der Waals surface area contributed by atoms with Crippen LogP contribution in [0.25, 0.3) is 0 Å². The van der Waals surface area contributed by atoms with Gasteiger partial charge in [0.25, 0.3) is 0 Å². The van der Waals surface area contributed by atoms with E-state index in [0.29, 0.717) is 32.5 Å². The Morgan fingerprint density at radius 2 is 1.67 bits per heavy atom. The fraction of sp³-hybridized carbons (Fsp3) is 0.714. The number of hydrogen-bond acceptors (Lipinski definition) is 5. The van der Waals surface area contributed by atoms with Crippen molar-refractivity contribution in [1.82, 2.24) is 0 Å². The zero-order valence-corrected chi connectivity index (χ0v) is 7.07. The molecule has 4 N–H and O–H groups in total. The third-order valence-electron chi connectivity index (χ3n) is 0.738. The van der Waals surface area contributed by atoms with Gasteiger partial charge in [-0.15, -0.1) is 0 Å². The normalized spacial score (nSPS) is 8.17. The van der Waals surface area contributed by atoms with Crippen LogP contribution in [-0.4, -0.2) is 38.9 Å². The molecule has 0 bridgehead atoms. The van der Waals surface area contributed by atoms with Crippen molar-refractivity contribution in [3.05, 3.63) is 0 Å². The van der Waals surface area contributed by atoms with Gasteiger partial charge in [-0.1, -0.05) is 0 Å². The molecular weight excluding hydrogens is 160 g/mol. The van der Waals surface area contributed by atoms with E-state index in [2.05, 4.69) is 5.73 Å². The Hall–Kier alpha value is -0.780. The SMILES string of the molecule is NCC=O.NCCOCCC=O. The summed E-state index contributed by atoms with van der Waals surface area (Å²) in [6, 6.07) is 0. The van der Waals surface area contributed by atoms with Crippen molar-refractivity contribution in [3.8, 4) is 0 Å². The quantitative estimate of drug-likeness (QED) is 0.387. The minimum absolute atomic E-state index is 0.139. The van der Waals surface area contributed by atoms with Gasteiger partial charge >= 0.3 is 0 Å². The Morgan fingerprint density at radius 3 is 2.00 bits per heavy atom. The molecule has 0 unspecified atom stereocenters. The lowest BCUT2D eigenvalue weighted by Crippen LogP contribution is -2.08. The van der Waals surface area contributed by atoms with E-state index in [1.807, 2.05) is 0 Å². The second-order valence-electron chi connectivity index (χ2n) is 1.76.